The van der Waals surface area contributed by atoms with Crippen molar-refractivity contribution >= 4 is 0 Å². The van der Waals surface area contributed by atoms with E-state index in [-0.39, 0.29) is 11.9 Å². The van der Waals surface area contributed by atoms with Gasteiger partial charge in [0.1, 0.15) is 11.6 Å². The van der Waals surface area contributed by atoms with Gasteiger partial charge in [-0.3, -0.25) is 4.98 Å². The van der Waals surface area contributed by atoms with Gasteiger partial charge in [0.2, 0.25) is 0 Å². The molecule has 0 saturated heterocycles. The Morgan fingerprint density at radius 3 is 2.57 bits per heavy atom. The van der Waals surface area contributed by atoms with Gasteiger partial charge in [0.05, 0.1) is 7.11 Å². The molecule has 1 unspecified atom stereocenters. The quantitative estimate of drug-likeness (QED) is 0.938. The first kappa shape index (κ1) is 15.4. The van der Waals surface area contributed by atoms with Crippen molar-refractivity contribution in [1.82, 2.24) is 4.98 Å². The Kier molecular flexibility index (Phi) is 4.58. The number of aromatic nitrogens is 1. The third-order valence-corrected chi connectivity index (χ3v) is 3.79. The maximum Gasteiger partial charge on any atom is 0.128 e. The summed E-state index contributed by atoms with van der Waals surface area (Å²) in [5.74, 6) is 0.609. The minimum atomic E-state index is -0.241. The standard InChI is InChI=1S/C17H21FN2O/c1-10-7-13(18)5-6-14(10)15(19)8-16-12(3)17(21-4)11(2)9-20-16/h5-7,9,15H,8,19H2,1-4H3. The van der Waals surface area contributed by atoms with Crippen LogP contribution in [0.15, 0.2) is 24.4 Å². The lowest BCUT2D eigenvalue weighted by Gasteiger charge is -2.17. The fourth-order valence-electron chi connectivity index (χ4n) is 2.65. The van der Waals surface area contributed by atoms with Crippen LogP contribution in [0.2, 0.25) is 0 Å². The molecular formula is C17H21FN2O. The van der Waals surface area contributed by atoms with E-state index >= 15 is 0 Å². The fraction of sp³-hybridized carbons (Fsp3) is 0.353. The van der Waals surface area contributed by atoms with Gasteiger partial charge >= 0.3 is 0 Å². The number of halogens is 1. The number of nitrogens with zero attached hydrogens (tertiary/aromatic N) is 1. The summed E-state index contributed by atoms with van der Waals surface area (Å²) >= 11 is 0. The normalized spacial score (nSPS) is 12.3. The number of hydrogen-bond donors (Lipinski definition) is 1. The molecule has 0 bridgehead atoms. The summed E-state index contributed by atoms with van der Waals surface area (Å²) in [5.41, 5.74) is 11.0. The van der Waals surface area contributed by atoms with Crippen molar-refractivity contribution in [3.8, 4) is 5.75 Å². The molecule has 0 fully saturated rings. The molecule has 0 aliphatic carbocycles. The number of rotatable bonds is 4. The first-order valence-electron chi connectivity index (χ1n) is 6.94. The number of nitrogens with two attached hydrogens (primary N) is 1. The fourth-order valence-corrected chi connectivity index (χ4v) is 2.65. The van der Waals surface area contributed by atoms with Crippen LogP contribution >= 0.6 is 0 Å². The van der Waals surface area contributed by atoms with Gasteiger partial charge in [0, 0.05) is 35.5 Å². The average Bonchev–Trinajstić information content (AvgIpc) is 2.42. The summed E-state index contributed by atoms with van der Waals surface area (Å²) in [6, 6.07) is 4.48. The van der Waals surface area contributed by atoms with Crippen LogP contribution in [0.3, 0.4) is 0 Å². The minimum absolute atomic E-state index is 0.218. The zero-order chi connectivity index (χ0) is 15.6. The van der Waals surface area contributed by atoms with Crippen molar-refractivity contribution in [2.24, 2.45) is 5.73 Å². The highest BCUT2D eigenvalue weighted by Crippen LogP contribution is 2.27. The van der Waals surface area contributed by atoms with Crippen molar-refractivity contribution in [2.75, 3.05) is 7.11 Å². The first-order valence-corrected chi connectivity index (χ1v) is 6.94. The number of hydrogen-bond acceptors (Lipinski definition) is 3. The summed E-state index contributed by atoms with van der Waals surface area (Å²) in [6.45, 7) is 5.82. The van der Waals surface area contributed by atoms with Crippen LogP contribution in [0, 0.1) is 26.6 Å². The predicted octanol–water partition coefficient (Wildman–Crippen LogP) is 3.40. The molecule has 1 aromatic heterocycles. The predicted molar refractivity (Wildman–Crippen MR) is 82.0 cm³/mol. The van der Waals surface area contributed by atoms with E-state index < -0.39 is 0 Å². The first-order chi connectivity index (χ1) is 9.93. The van der Waals surface area contributed by atoms with Crippen LogP contribution in [0.5, 0.6) is 5.75 Å². The topological polar surface area (TPSA) is 48.1 Å². The zero-order valence-corrected chi connectivity index (χ0v) is 12.9. The molecule has 0 saturated carbocycles. The molecule has 2 N–H and O–H groups in total. The maximum absolute atomic E-state index is 13.2. The molecular weight excluding hydrogens is 267 g/mol. The molecule has 3 nitrogen and oxygen atoms in total. The van der Waals surface area contributed by atoms with Gasteiger partial charge < -0.3 is 10.5 Å². The monoisotopic (exact) mass is 288 g/mol. The maximum atomic E-state index is 13.2. The van der Waals surface area contributed by atoms with Crippen molar-refractivity contribution in [2.45, 2.75) is 33.2 Å². The zero-order valence-electron chi connectivity index (χ0n) is 12.9. The van der Waals surface area contributed by atoms with Crippen molar-refractivity contribution in [3.63, 3.8) is 0 Å². The van der Waals surface area contributed by atoms with Crippen LogP contribution in [-0.2, 0) is 6.42 Å². The molecule has 1 heterocycles. The molecule has 2 rings (SSSR count). The van der Waals surface area contributed by atoms with E-state index in [1.807, 2.05) is 20.8 Å². The Balaban J connectivity index is 2.29. The summed E-state index contributed by atoms with van der Waals surface area (Å²) in [7, 11) is 1.66. The molecule has 0 aliphatic heterocycles. The molecule has 2 aromatic rings. The second kappa shape index (κ2) is 6.22. The third-order valence-electron chi connectivity index (χ3n) is 3.79. The van der Waals surface area contributed by atoms with E-state index in [2.05, 4.69) is 4.98 Å². The number of ether oxygens (including phenoxy) is 1. The van der Waals surface area contributed by atoms with E-state index in [0.717, 1.165) is 33.7 Å². The Morgan fingerprint density at radius 2 is 1.95 bits per heavy atom. The van der Waals surface area contributed by atoms with Crippen LogP contribution in [0.4, 0.5) is 4.39 Å². The summed E-state index contributed by atoms with van der Waals surface area (Å²) in [4.78, 5) is 4.47. The molecule has 0 radical (unpaired) electrons. The second-order valence-electron chi connectivity index (χ2n) is 5.36. The van der Waals surface area contributed by atoms with Gasteiger partial charge in [0.15, 0.2) is 0 Å². The van der Waals surface area contributed by atoms with Crippen LogP contribution < -0.4 is 10.5 Å². The lowest BCUT2D eigenvalue weighted by molar-refractivity contribution is 0.406. The summed E-state index contributed by atoms with van der Waals surface area (Å²) in [5, 5.41) is 0. The Morgan fingerprint density at radius 1 is 1.24 bits per heavy atom. The van der Waals surface area contributed by atoms with Gasteiger partial charge in [0.25, 0.3) is 0 Å². The lowest BCUT2D eigenvalue weighted by atomic mass is 9.96. The van der Waals surface area contributed by atoms with E-state index in [4.69, 9.17) is 10.5 Å². The Bertz CT molecular complexity index is 655. The molecule has 1 aromatic carbocycles. The van der Waals surface area contributed by atoms with Gasteiger partial charge in [-0.15, -0.1) is 0 Å². The minimum Gasteiger partial charge on any atom is -0.496 e. The van der Waals surface area contributed by atoms with Gasteiger partial charge in [-0.25, -0.2) is 4.39 Å². The Hall–Kier alpha value is -1.94. The molecule has 21 heavy (non-hydrogen) atoms. The van der Waals surface area contributed by atoms with E-state index in [1.54, 1.807) is 19.4 Å². The molecule has 1 atom stereocenters. The van der Waals surface area contributed by atoms with E-state index in [0.29, 0.717) is 6.42 Å². The average molecular weight is 288 g/mol. The van der Waals surface area contributed by atoms with Crippen LogP contribution in [0.1, 0.15) is 34.0 Å². The van der Waals surface area contributed by atoms with Gasteiger partial charge in [-0.05, 0) is 44.0 Å². The van der Waals surface area contributed by atoms with Crippen LogP contribution in [-0.4, -0.2) is 12.1 Å². The second-order valence-corrected chi connectivity index (χ2v) is 5.36. The number of benzene rings is 1. The highest BCUT2D eigenvalue weighted by Gasteiger charge is 2.15. The van der Waals surface area contributed by atoms with E-state index in [1.165, 1.54) is 12.1 Å². The van der Waals surface area contributed by atoms with Crippen molar-refractivity contribution < 1.29 is 9.13 Å². The van der Waals surface area contributed by atoms with Crippen LogP contribution in [0.25, 0.3) is 0 Å². The smallest absolute Gasteiger partial charge is 0.128 e. The number of pyridine rings is 1. The third kappa shape index (κ3) is 3.22. The van der Waals surface area contributed by atoms with Gasteiger partial charge in [-0.1, -0.05) is 6.07 Å². The van der Waals surface area contributed by atoms with Crippen molar-refractivity contribution in [3.05, 3.63) is 58.2 Å². The molecule has 0 aliphatic rings. The summed E-state index contributed by atoms with van der Waals surface area (Å²) in [6.07, 6.45) is 2.39. The Labute approximate surface area is 125 Å². The molecule has 0 spiro atoms. The lowest BCUT2D eigenvalue weighted by Crippen LogP contribution is -2.16. The highest BCUT2D eigenvalue weighted by atomic mass is 19.1. The molecule has 0 amide bonds. The largest absolute Gasteiger partial charge is 0.496 e. The number of methoxy groups -OCH3 is 1. The molecule has 112 valence electrons. The highest BCUT2D eigenvalue weighted by molar-refractivity contribution is 5.42. The van der Waals surface area contributed by atoms with Crippen molar-refractivity contribution in [1.29, 1.82) is 0 Å². The summed E-state index contributed by atoms with van der Waals surface area (Å²) < 4.78 is 18.6. The number of aryl methyl sites for hydroxylation is 2. The van der Waals surface area contributed by atoms with Gasteiger partial charge in [-0.2, -0.15) is 0 Å². The SMILES string of the molecule is COc1c(C)cnc(CC(N)c2ccc(F)cc2C)c1C. The van der Waals surface area contributed by atoms with E-state index in [9.17, 15) is 4.39 Å². The molecule has 4 heteroatoms.